The Bertz CT molecular complexity index is 671. The van der Waals surface area contributed by atoms with Gasteiger partial charge >= 0.3 is 0 Å². The molecular formula is C24H41NO2Si. The number of carbonyl (C=O) groups excluding carboxylic acids is 1. The lowest BCUT2D eigenvalue weighted by atomic mass is 9.80. The minimum absolute atomic E-state index is 0.188. The fraction of sp³-hybridized carbons (Fsp3) is 0.792. The second-order valence-corrected chi connectivity index (χ2v) is 16.2. The van der Waals surface area contributed by atoms with E-state index in [4.69, 9.17) is 4.74 Å². The second kappa shape index (κ2) is 9.29. The number of aromatic nitrogens is 1. The highest BCUT2D eigenvalue weighted by Crippen LogP contribution is 2.46. The Morgan fingerprint density at radius 3 is 2.46 bits per heavy atom. The molecule has 4 rings (SSSR count). The number of rotatable bonds is 6. The summed E-state index contributed by atoms with van der Waals surface area (Å²) in [5, 5.41) is 0. The molecule has 0 saturated carbocycles. The van der Waals surface area contributed by atoms with Crippen molar-refractivity contribution in [1.29, 1.82) is 0 Å². The van der Waals surface area contributed by atoms with E-state index in [1.165, 1.54) is 55.8 Å². The minimum atomic E-state index is -1.09. The molecule has 0 aromatic carbocycles. The number of ketones is 1. The number of nitrogens with zero attached hydrogens (tertiary/aromatic N) is 1. The van der Waals surface area contributed by atoms with Gasteiger partial charge in [0.2, 0.25) is 0 Å². The molecule has 2 atom stereocenters. The molecule has 0 unspecified atom stereocenters. The van der Waals surface area contributed by atoms with Gasteiger partial charge in [-0.1, -0.05) is 65.6 Å². The lowest BCUT2D eigenvalue weighted by Gasteiger charge is -2.23. The van der Waals surface area contributed by atoms with Gasteiger partial charge in [0, 0.05) is 26.3 Å². The Kier molecular flexibility index (Phi) is 7.25. The van der Waals surface area contributed by atoms with Crippen LogP contribution in [0.1, 0.15) is 86.5 Å². The van der Waals surface area contributed by atoms with Gasteiger partial charge in [0.25, 0.3) is 0 Å². The standard InChI is InChI=1S/C24H41NO2Si/c1-18(2)22-20-13-11-9-7-6-8-10-12-19-16-21(22)23(24(20)26)25(19)17-27-14-15-28(3,4)5/h16,18,20,22H,6-15,17H2,1-5H3/t20-,22-/m0/s1. The Balaban J connectivity index is 1.87. The van der Waals surface area contributed by atoms with Crippen molar-refractivity contribution in [3.8, 4) is 0 Å². The zero-order chi connectivity index (χ0) is 20.3. The third kappa shape index (κ3) is 4.99. The molecule has 0 N–H and O–H groups in total. The number of hydrogen-bond acceptors (Lipinski definition) is 2. The lowest BCUT2D eigenvalue weighted by Crippen LogP contribution is -2.23. The van der Waals surface area contributed by atoms with Gasteiger partial charge in [0.15, 0.2) is 5.78 Å². The normalized spacial score (nSPS) is 23.7. The summed E-state index contributed by atoms with van der Waals surface area (Å²) >= 11 is 0. The fourth-order valence-electron chi connectivity index (χ4n) is 5.11. The van der Waals surface area contributed by atoms with Crippen LogP contribution < -0.4 is 0 Å². The predicted octanol–water partition coefficient (Wildman–Crippen LogP) is 6.64. The summed E-state index contributed by atoms with van der Waals surface area (Å²) in [5.41, 5.74) is 3.65. The number of fused-ring (bicyclic) bond motifs is 7. The van der Waals surface area contributed by atoms with Crippen LogP contribution in [-0.4, -0.2) is 25.0 Å². The molecule has 1 aliphatic heterocycles. The van der Waals surface area contributed by atoms with E-state index in [2.05, 4.69) is 44.1 Å². The molecule has 2 aliphatic carbocycles. The molecule has 0 saturated heterocycles. The molecule has 3 nitrogen and oxygen atoms in total. The van der Waals surface area contributed by atoms with E-state index in [0.717, 1.165) is 25.1 Å². The predicted molar refractivity (Wildman–Crippen MR) is 120 cm³/mol. The fourth-order valence-corrected chi connectivity index (χ4v) is 5.87. The zero-order valence-electron chi connectivity index (χ0n) is 18.9. The van der Waals surface area contributed by atoms with Crippen LogP contribution in [0.2, 0.25) is 25.7 Å². The zero-order valence-corrected chi connectivity index (χ0v) is 19.9. The number of carbonyl (C=O) groups is 1. The van der Waals surface area contributed by atoms with E-state index in [0.29, 0.717) is 24.3 Å². The minimum Gasteiger partial charge on any atom is -0.361 e. The van der Waals surface area contributed by atoms with Crippen molar-refractivity contribution >= 4 is 13.9 Å². The van der Waals surface area contributed by atoms with Crippen LogP contribution >= 0.6 is 0 Å². The van der Waals surface area contributed by atoms with Gasteiger partial charge in [0.05, 0.1) is 5.69 Å². The van der Waals surface area contributed by atoms with Crippen LogP contribution in [0, 0.1) is 11.8 Å². The van der Waals surface area contributed by atoms with Gasteiger partial charge in [-0.05, 0) is 48.8 Å². The Morgan fingerprint density at radius 1 is 1.11 bits per heavy atom. The van der Waals surface area contributed by atoms with Crippen LogP contribution in [0.3, 0.4) is 0 Å². The molecule has 1 aromatic rings. The van der Waals surface area contributed by atoms with E-state index in [1.807, 2.05) is 0 Å². The molecule has 158 valence electrons. The molecule has 28 heavy (non-hydrogen) atoms. The largest absolute Gasteiger partial charge is 0.361 e. The van der Waals surface area contributed by atoms with Crippen molar-refractivity contribution in [3.05, 3.63) is 23.0 Å². The first kappa shape index (κ1) is 21.8. The number of aryl methyl sites for hydroxylation is 1. The molecule has 2 heterocycles. The summed E-state index contributed by atoms with van der Waals surface area (Å²) in [7, 11) is -1.09. The summed E-state index contributed by atoms with van der Waals surface area (Å²) in [4.78, 5) is 13.5. The van der Waals surface area contributed by atoms with E-state index < -0.39 is 8.07 Å². The first-order valence-electron chi connectivity index (χ1n) is 11.6. The van der Waals surface area contributed by atoms with Gasteiger partial charge in [-0.15, -0.1) is 0 Å². The first-order valence-corrected chi connectivity index (χ1v) is 15.3. The molecular weight excluding hydrogens is 362 g/mol. The Morgan fingerprint density at radius 2 is 1.79 bits per heavy atom. The van der Waals surface area contributed by atoms with Gasteiger partial charge in [-0.3, -0.25) is 4.79 Å². The summed E-state index contributed by atoms with van der Waals surface area (Å²) in [6.45, 7) is 13.1. The highest BCUT2D eigenvalue weighted by atomic mass is 28.3. The monoisotopic (exact) mass is 403 g/mol. The summed E-state index contributed by atoms with van der Waals surface area (Å²) in [6, 6.07) is 3.55. The Labute approximate surface area is 173 Å². The van der Waals surface area contributed by atoms with Crippen LogP contribution in [0.15, 0.2) is 6.07 Å². The summed E-state index contributed by atoms with van der Waals surface area (Å²) < 4.78 is 8.38. The highest BCUT2D eigenvalue weighted by molar-refractivity contribution is 6.76. The van der Waals surface area contributed by atoms with E-state index in [1.54, 1.807) is 0 Å². The topological polar surface area (TPSA) is 31.2 Å². The average Bonchev–Trinajstić information content (AvgIpc) is 3.09. The quantitative estimate of drug-likeness (QED) is 0.394. The van der Waals surface area contributed by atoms with Gasteiger partial charge < -0.3 is 9.30 Å². The van der Waals surface area contributed by atoms with Gasteiger partial charge in [0.1, 0.15) is 6.73 Å². The van der Waals surface area contributed by atoms with Crippen LogP contribution in [0.5, 0.6) is 0 Å². The van der Waals surface area contributed by atoms with Crippen molar-refractivity contribution in [2.45, 2.75) is 104 Å². The van der Waals surface area contributed by atoms with Gasteiger partial charge in [-0.2, -0.15) is 0 Å². The van der Waals surface area contributed by atoms with Crippen molar-refractivity contribution < 1.29 is 9.53 Å². The maximum atomic E-state index is 13.5. The van der Waals surface area contributed by atoms with Crippen molar-refractivity contribution in [2.75, 3.05) is 6.61 Å². The maximum absolute atomic E-state index is 13.5. The SMILES string of the molecule is CC(C)[C@@H]1c2cc3n(COCC[Si](C)(C)C)c2C(=O)[C@H]1CCCCCCCC3. The first-order chi connectivity index (χ1) is 13.3. The molecule has 0 amide bonds. The van der Waals surface area contributed by atoms with Gasteiger partial charge in [-0.25, -0.2) is 0 Å². The molecule has 1 aromatic heterocycles. The van der Waals surface area contributed by atoms with Crippen molar-refractivity contribution in [3.63, 3.8) is 0 Å². The summed E-state index contributed by atoms with van der Waals surface area (Å²) in [5.74, 6) is 1.49. The average molecular weight is 404 g/mol. The van der Waals surface area contributed by atoms with E-state index in [-0.39, 0.29) is 5.92 Å². The summed E-state index contributed by atoms with van der Waals surface area (Å²) in [6.07, 6.45) is 9.79. The molecule has 0 spiro atoms. The van der Waals surface area contributed by atoms with Crippen molar-refractivity contribution in [1.82, 2.24) is 4.57 Å². The number of Topliss-reactive ketones (excluding diaryl/α,β-unsaturated/α-hetero) is 1. The lowest BCUT2D eigenvalue weighted by molar-refractivity contribution is 0.0766. The highest BCUT2D eigenvalue weighted by Gasteiger charge is 2.43. The van der Waals surface area contributed by atoms with Crippen LogP contribution in [-0.2, 0) is 17.9 Å². The Hall–Kier alpha value is -0.873. The third-order valence-corrected chi connectivity index (χ3v) is 8.41. The van der Waals surface area contributed by atoms with Crippen molar-refractivity contribution in [2.24, 2.45) is 11.8 Å². The number of ether oxygens (including phenoxy) is 1. The van der Waals surface area contributed by atoms with E-state index in [9.17, 15) is 4.79 Å². The van der Waals surface area contributed by atoms with Crippen LogP contribution in [0.4, 0.5) is 0 Å². The van der Waals surface area contributed by atoms with E-state index >= 15 is 0 Å². The second-order valence-electron chi connectivity index (χ2n) is 10.6. The molecule has 3 aliphatic rings. The molecule has 0 radical (unpaired) electrons. The molecule has 4 heteroatoms. The third-order valence-electron chi connectivity index (χ3n) is 6.71. The molecule has 4 bridgehead atoms. The molecule has 0 fully saturated rings. The van der Waals surface area contributed by atoms with Crippen LogP contribution in [0.25, 0.3) is 0 Å². The maximum Gasteiger partial charge on any atom is 0.183 e. The smallest absolute Gasteiger partial charge is 0.183 e. The number of hydrogen-bond donors (Lipinski definition) is 0.